The smallest absolute Gasteiger partial charge is 0.265 e. The molecule has 1 saturated carbocycles. The van der Waals surface area contributed by atoms with Crippen molar-refractivity contribution in [1.82, 2.24) is 15.5 Å². The minimum absolute atomic E-state index is 0.0757. The Kier molecular flexibility index (Phi) is 8.06. The average molecular weight is 592 g/mol. The number of halogens is 3. The quantitative estimate of drug-likeness (QED) is 0.395. The molecule has 226 valence electrons. The monoisotopic (exact) mass is 591 g/mol. The first kappa shape index (κ1) is 29.6. The van der Waals surface area contributed by atoms with Gasteiger partial charge in [0.15, 0.2) is 6.10 Å². The molecule has 2 saturated heterocycles. The van der Waals surface area contributed by atoms with Crippen LogP contribution in [0.5, 0.6) is 5.75 Å². The number of ether oxygens (including phenoxy) is 2. The Morgan fingerprint density at radius 3 is 2.67 bits per heavy atom. The van der Waals surface area contributed by atoms with Crippen molar-refractivity contribution in [1.29, 1.82) is 5.26 Å². The normalized spacial score (nSPS) is 28.5. The van der Waals surface area contributed by atoms with Crippen LogP contribution >= 0.6 is 0 Å². The van der Waals surface area contributed by atoms with Crippen LogP contribution in [0.3, 0.4) is 0 Å². The van der Waals surface area contributed by atoms with E-state index in [2.05, 4.69) is 16.0 Å². The first-order chi connectivity index (χ1) is 19.9. The Balaban J connectivity index is 1.29. The van der Waals surface area contributed by atoms with Gasteiger partial charge in [-0.2, -0.15) is 5.26 Å². The van der Waals surface area contributed by atoms with Crippen LogP contribution in [0, 0.1) is 40.3 Å². The summed E-state index contributed by atoms with van der Waals surface area (Å²) in [5.74, 6) is -3.93. The Hall–Kier alpha value is -3.86. The number of nitrogens with zero attached hydrogens (tertiary/aromatic N) is 2. The molecule has 1 aromatic rings. The Labute approximate surface area is 240 Å². The van der Waals surface area contributed by atoms with Crippen LogP contribution in [0.15, 0.2) is 18.2 Å². The average Bonchev–Trinajstić information content (AvgIpc) is 3.39. The number of rotatable bonds is 9. The van der Waals surface area contributed by atoms with E-state index in [9.17, 15) is 37.6 Å². The zero-order chi connectivity index (χ0) is 30.3. The second-order valence-corrected chi connectivity index (χ2v) is 11.8. The van der Waals surface area contributed by atoms with E-state index in [0.717, 1.165) is 12.1 Å². The molecular weight excluding hydrogens is 559 g/mol. The topological polar surface area (TPSA) is 150 Å². The molecule has 0 bridgehead atoms. The number of fused-ring (bicyclic) bond motifs is 2. The van der Waals surface area contributed by atoms with Crippen LogP contribution in [-0.2, 0) is 23.9 Å². The third-order valence-electron chi connectivity index (χ3n) is 8.77. The molecule has 0 spiro atoms. The predicted molar refractivity (Wildman–Crippen MR) is 139 cm³/mol. The molecule has 11 nitrogen and oxygen atoms in total. The lowest BCUT2D eigenvalue weighted by Gasteiger charge is -2.34. The highest BCUT2D eigenvalue weighted by atomic mass is 19.3. The summed E-state index contributed by atoms with van der Waals surface area (Å²) in [7, 11) is 0. The molecular formula is C28H32F3N5O6. The van der Waals surface area contributed by atoms with Crippen molar-refractivity contribution in [3.05, 3.63) is 24.0 Å². The summed E-state index contributed by atoms with van der Waals surface area (Å²) >= 11 is 0. The van der Waals surface area contributed by atoms with Gasteiger partial charge in [0.05, 0.1) is 24.3 Å². The predicted octanol–water partition coefficient (Wildman–Crippen LogP) is 1.58. The first-order valence-corrected chi connectivity index (χ1v) is 13.8. The van der Waals surface area contributed by atoms with Gasteiger partial charge in [0.2, 0.25) is 24.1 Å². The summed E-state index contributed by atoms with van der Waals surface area (Å²) in [6.45, 7) is 4.50. The molecule has 1 aromatic carbocycles. The van der Waals surface area contributed by atoms with Gasteiger partial charge in [-0.05, 0) is 35.8 Å². The van der Waals surface area contributed by atoms with Crippen molar-refractivity contribution < 1.29 is 41.8 Å². The number of piperidine rings is 1. The molecule has 7 atom stereocenters. The number of amides is 4. The lowest BCUT2D eigenvalue weighted by Crippen LogP contribution is -2.57. The van der Waals surface area contributed by atoms with Crippen LogP contribution in [0.2, 0.25) is 0 Å². The molecule has 3 fully saturated rings. The Bertz CT molecular complexity index is 1310. The summed E-state index contributed by atoms with van der Waals surface area (Å²) in [4.78, 5) is 53.6. The fourth-order valence-electron chi connectivity index (χ4n) is 6.34. The van der Waals surface area contributed by atoms with Crippen molar-refractivity contribution in [3.8, 4) is 11.8 Å². The maximum Gasteiger partial charge on any atom is 0.265 e. The highest BCUT2D eigenvalue weighted by molar-refractivity contribution is 5.98. The molecule has 3 N–H and O–H groups in total. The molecule has 4 aliphatic rings. The number of likely N-dealkylation sites (tertiary alicyclic amines) is 1. The van der Waals surface area contributed by atoms with Crippen LogP contribution in [0.4, 0.5) is 18.9 Å². The van der Waals surface area contributed by atoms with Gasteiger partial charge in [-0.15, -0.1) is 0 Å². The zero-order valence-corrected chi connectivity index (χ0v) is 23.1. The third kappa shape index (κ3) is 5.74. The number of nitriles is 1. The number of carbonyl (C=O) groups is 4. The number of anilines is 1. The molecule has 3 heterocycles. The largest absolute Gasteiger partial charge is 0.478 e. The van der Waals surface area contributed by atoms with Crippen LogP contribution in [-0.4, -0.2) is 78.9 Å². The van der Waals surface area contributed by atoms with Gasteiger partial charge >= 0.3 is 0 Å². The van der Waals surface area contributed by atoms with E-state index in [-0.39, 0.29) is 48.3 Å². The van der Waals surface area contributed by atoms with Gasteiger partial charge in [-0.25, -0.2) is 13.2 Å². The number of alkyl halides is 2. The van der Waals surface area contributed by atoms with Gasteiger partial charge in [-0.3, -0.25) is 19.2 Å². The molecule has 2 unspecified atom stereocenters. The molecule has 14 heteroatoms. The number of hydrogen-bond donors (Lipinski definition) is 3. The van der Waals surface area contributed by atoms with Gasteiger partial charge in [0, 0.05) is 32.1 Å². The summed E-state index contributed by atoms with van der Waals surface area (Å²) in [5.41, 5.74) is -0.170. The van der Waals surface area contributed by atoms with Crippen molar-refractivity contribution >= 4 is 29.3 Å². The van der Waals surface area contributed by atoms with Crippen LogP contribution in [0.25, 0.3) is 0 Å². The summed E-state index contributed by atoms with van der Waals surface area (Å²) < 4.78 is 51.3. The molecule has 1 aliphatic carbocycles. The van der Waals surface area contributed by atoms with Crippen LogP contribution in [0.1, 0.15) is 33.1 Å². The molecule has 4 amide bonds. The maximum atomic E-state index is 13.6. The van der Waals surface area contributed by atoms with E-state index in [1.54, 1.807) is 0 Å². The number of carbonyl (C=O) groups excluding carboxylic acids is 4. The van der Waals surface area contributed by atoms with Gasteiger partial charge in [0.25, 0.3) is 5.91 Å². The fourth-order valence-corrected chi connectivity index (χ4v) is 6.34. The highest BCUT2D eigenvalue weighted by Gasteiger charge is 2.69. The summed E-state index contributed by atoms with van der Waals surface area (Å²) in [5, 5.41) is 17.3. The van der Waals surface area contributed by atoms with Crippen molar-refractivity contribution in [2.75, 3.05) is 25.1 Å². The minimum atomic E-state index is -2.88. The summed E-state index contributed by atoms with van der Waals surface area (Å²) in [6.07, 6.45) is -4.79. The van der Waals surface area contributed by atoms with Crippen molar-refractivity contribution in [3.63, 3.8) is 0 Å². The zero-order valence-electron chi connectivity index (χ0n) is 23.1. The molecule has 0 radical (unpaired) electrons. The van der Waals surface area contributed by atoms with E-state index in [1.165, 1.54) is 11.0 Å². The van der Waals surface area contributed by atoms with Crippen molar-refractivity contribution in [2.45, 2.75) is 63.8 Å². The Morgan fingerprint density at radius 1 is 1.24 bits per heavy atom. The van der Waals surface area contributed by atoms with E-state index in [0.29, 0.717) is 13.0 Å². The van der Waals surface area contributed by atoms with E-state index in [1.807, 2.05) is 19.9 Å². The first-order valence-electron chi connectivity index (χ1n) is 13.8. The van der Waals surface area contributed by atoms with E-state index < -0.39 is 72.4 Å². The number of benzene rings is 1. The standard InChI is InChI=1S/C28H32F3N5O6/c1-28(2)16-11-36(27(40)18(9-21(30)31)35-24(37)13-5-6-41-12-13)23(22(16)28)26(39)33-15(10-32)8-20-25(38)34-17-7-14(29)3-4-19(17)42-20/h3-4,7,13,15-16,18,20-23H,5-6,8-9,11-12H2,1-2H3,(H,33,39)(H,34,38)(H,35,37)/t13-,15?,16-,18?,20-,22-,23-/m0/s1. The number of hydrogen-bond acceptors (Lipinski definition) is 7. The lowest BCUT2D eigenvalue weighted by molar-refractivity contribution is -0.144. The fraction of sp³-hybridized carbons (Fsp3) is 0.607. The van der Waals surface area contributed by atoms with Gasteiger partial charge < -0.3 is 30.3 Å². The SMILES string of the molecule is CC1(C)[C@@H]2[C@@H](C(=O)NC(C#N)C[C@@H]3Oc4ccc(F)cc4NC3=O)N(C(=O)C(CC(F)F)NC(=O)[C@H]3CCOC3)C[C@@H]21. The molecule has 42 heavy (non-hydrogen) atoms. The minimum Gasteiger partial charge on any atom is -0.478 e. The second-order valence-electron chi connectivity index (χ2n) is 11.8. The van der Waals surface area contributed by atoms with Crippen LogP contribution < -0.4 is 20.7 Å². The van der Waals surface area contributed by atoms with Crippen molar-refractivity contribution in [2.24, 2.45) is 23.2 Å². The summed E-state index contributed by atoms with van der Waals surface area (Å²) in [6, 6.07) is 1.72. The second kappa shape index (κ2) is 11.4. The third-order valence-corrected chi connectivity index (χ3v) is 8.77. The van der Waals surface area contributed by atoms with Gasteiger partial charge in [-0.1, -0.05) is 13.8 Å². The molecule has 5 rings (SSSR count). The molecule has 0 aromatic heterocycles. The highest BCUT2D eigenvalue weighted by Crippen LogP contribution is 2.65. The Morgan fingerprint density at radius 2 is 2.00 bits per heavy atom. The lowest BCUT2D eigenvalue weighted by atomic mass is 9.98. The maximum absolute atomic E-state index is 13.6. The molecule has 3 aliphatic heterocycles. The van der Waals surface area contributed by atoms with E-state index >= 15 is 0 Å². The number of nitrogens with one attached hydrogen (secondary N) is 3. The van der Waals surface area contributed by atoms with E-state index in [4.69, 9.17) is 9.47 Å². The van der Waals surface area contributed by atoms with Gasteiger partial charge in [0.1, 0.15) is 29.7 Å².